The third kappa shape index (κ3) is 3.63. The van der Waals surface area contributed by atoms with Gasteiger partial charge in [-0.05, 0) is 12.1 Å². The highest BCUT2D eigenvalue weighted by atomic mass is 19.4. The van der Waals surface area contributed by atoms with Gasteiger partial charge in [0.15, 0.2) is 0 Å². The van der Waals surface area contributed by atoms with E-state index in [1.165, 1.54) is 4.90 Å². The van der Waals surface area contributed by atoms with Gasteiger partial charge in [0.1, 0.15) is 5.84 Å². The number of nitrogens with one attached hydrogen (secondary N) is 1. The number of halogens is 3. The van der Waals surface area contributed by atoms with Crippen LogP contribution in [0.1, 0.15) is 5.56 Å². The molecule has 0 atom stereocenters. The fourth-order valence-corrected chi connectivity index (χ4v) is 2.38. The minimum Gasteiger partial charge on any atom is -0.384 e. The third-order valence-electron chi connectivity index (χ3n) is 3.31. The summed E-state index contributed by atoms with van der Waals surface area (Å²) in [6, 6.07) is 7.22. The molecule has 0 bridgehead atoms. The van der Waals surface area contributed by atoms with Crippen molar-refractivity contribution in [3.8, 4) is 0 Å². The minimum absolute atomic E-state index is 0.0293. The van der Waals surface area contributed by atoms with Crippen LogP contribution < -0.4 is 10.6 Å². The summed E-state index contributed by atoms with van der Waals surface area (Å²) in [5.41, 5.74) is 6.96. The van der Waals surface area contributed by atoms with Crippen LogP contribution in [0.25, 0.3) is 0 Å². The van der Waals surface area contributed by atoms with Crippen molar-refractivity contribution in [3.63, 3.8) is 0 Å². The molecule has 0 aliphatic carbocycles. The standard InChI is InChI=1S/C13H17F3N4/c14-13(15,16)9-19-5-7-20(8-6-19)11-4-2-1-3-10(11)12(17)18/h1-4H,5-9H2,(H3,17,18). The van der Waals surface area contributed by atoms with E-state index in [0.29, 0.717) is 31.7 Å². The molecule has 1 aliphatic rings. The molecule has 2 rings (SSSR count). The summed E-state index contributed by atoms with van der Waals surface area (Å²) in [4.78, 5) is 3.37. The van der Waals surface area contributed by atoms with E-state index >= 15 is 0 Å². The van der Waals surface area contributed by atoms with Gasteiger partial charge in [0, 0.05) is 37.4 Å². The van der Waals surface area contributed by atoms with Gasteiger partial charge in [0.25, 0.3) is 0 Å². The second-order valence-electron chi connectivity index (χ2n) is 4.81. The maximum absolute atomic E-state index is 12.3. The summed E-state index contributed by atoms with van der Waals surface area (Å²) in [5.74, 6) is -0.0293. The first kappa shape index (κ1) is 14.6. The average molecular weight is 286 g/mol. The Kier molecular flexibility index (Phi) is 4.17. The third-order valence-corrected chi connectivity index (χ3v) is 3.31. The zero-order valence-electron chi connectivity index (χ0n) is 11.0. The largest absolute Gasteiger partial charge is 0.401 e. The second kappa shape index (κ2) is 5.70. The number of nitrogen functional groups attached to an aromatic ring is 1. The zero-order valence-corrected chi connectivity index (χ0v) is 11.0. The molecule has 7 heteroatoms. The predicted octanol–water partition coefficient (Wildman–Crippen LogP) is 1.65. The van der Waals surface area contributed by atoms with Crippen molar-refractivity contribution in [2.45, 2.75) is 6.18 Å². The molecular formula is C13H17F3N4. The first-order chi connectivity index (χ1) is 9.37. The van der Waals surface area contributed by atoms with Crippen LogP contribution in [0.5, 0.6) is 0 Å². The molecule has 1 heterocycles. The van der Waals surface area contributed by atoms with Gasteiger partial charge in [-0.25, -0.2) is 0 Å². The summed E-state index contributed by atoms with van der Waals surface area (Å²) in [7, 11) is 0. The van der Waals surface area contributed by atoms with Gasteiger partial charge in [-0.3, -0.25) is 10.3 Å². The molecule has 1 aromatic carbocycles. The van der Waals surface area contributed by atoms with E-state index in [0.717, 1.165) is 5.69 Å². The molecule has 1 saturated heterocycles. The molecule has 0 aromatic heterocycles. The number of alkyl halides is 3. The second-order valence-corrected chi connectivity index (χ2v) is 4.81. The number of hydrogen-bond donors (Lipinski definition) is 2. The fourth-order valence-electron chi connectivity index (χ4n) is 2.38. The summed E-state index contributed by atoms with van der Waals surface area (Å²) in [6.45, 7) is 0.841. The Morgan fingerprint density at radius 3 is 2.30 bits per heavy atom. The highest BCUT2D eigenvalue weighted by molar-refractivity contribution is 6.00. The van der Waals surface area contributed by atoms with Crippen LogP contribution in [-0.4, -0.2) is 49.6 Å². The van der Waals surface area contributed by atoms with Crippen molar-refractivity contribution in [2.24, 2.45) is 5.73 Å². The Morgan fingerprint density at radius 1 is 1.15 bits per heavy atom. The van der Waals surface area contributed by atoms with Crippen LogP contribution in [0.3, 0.4) is 0 Å². The van der Waals surface area contributed by atoms with Crippen LogP contribution in [0.4, 0.5) is 18.9 Å². The van der Waals surface area contributed by atoms with E-state index in [4.69, 9.17) is 11.1 Å². The highest BCUT2D eigenvalue weighted by Crippen LogP contribution is 2.23. The van der Waals surface area contributed by atoms with E-state index in [9.17, 15) is 13.2 Å². The van der Waals surface area contributed by atoms with E-state index in [1.54, 1.807) is 12.1 Å². The number of nitrogens with two attached hydrogens (primary N) is 1. The molecule has 0 radical (unpaired) electrons. The zero-order chi connectivity index (χ0) is 14.8. The molecule has 3 N–H and O–H groups in total. The van der Waals surface area contributed by atoms with Crippen molar-refractivity contribution in [1.29, 1.82) is 5.41 Å². The van der Waals surface area contributed by atoms with Crippen molar-refractivity contribution < 1.29 is 13.2 Å². The Balaban J connectivity index is 2.03. The molecule has 0 unspecified atom stereocenters. The number of piperazine rings is 1. The van der Waals surface area contributed by atoms with E-state index in [-0.39, 0.29) is 5.84 Å². The van der Waals surface area contributed by atoms with Crippen LogP contribution in [0.15, 0.2) is 24.3 Å². The normalized spacial score (nSPS) is 17.2. The van der Waals surface area contributed by atoms with Crippen LogP contribution in [0, 0.1) is 5.41 Å². The summed E-state index contributed by atoms with van der Waals surface area (Å²) in [6.07, 6.45) is -4.15. The van der Waals surface area contributed by atoms with Gasteiger partial charge >= 0.3 is 6.18 Å². The van der Waals surface area contributed by atoms with Crippen LogP contribution in [-0.2, 0) is 0 Å². The average Bonchev–Trinajstić information content (AvgIpc) is 2.38. The lowest BCUT2D eigenvalue weighted by molar-refractivity contribution is -0.146. The number of nitrogens with zero attached hydrogens (tertiary/aromatic N) is 2. The Labute approximate surface area is 115 Å². The highest BCUT2D eigenvalue weighted by Gasteiger charge is 2.32. The van der Waals surface area contributed by atoms with Gasteiger partial charge in [-0.2, -0.15) is 13.2 Å². The lowest BCUT2D eigenvalue weighted by Gasteiger charge is -2.37. The lowest BCUT2D eigenvalue weighted by atomic mass is 10.1. The van der Waals surface area contributed by atoms with Gasteiger partial charge in [0.05, 0.1) is 6.54 Å². The summed E-state index contributed by atoms with van der Waals surface area (Å²) in [5, 5.41) is 7.54. The van der Waals surface area contributed by atoms with E-state index in [2.05, 4.69) is 0 Å². The number of benzene rings is 1. The van der Waals surface area contributed by atoms with Gasteiger partial charge in [-0.1, -0.05) is 12.1 Å². The molecule has 0 amide bonds. The molecular weight excluding hydrogens is 269 g/mol. The molecule has 1 aliphatic heterocycles. The van der Waals surface area contributed by atoms with E-state index < -0.39 is 12.7 Å². The van der Waals surface area contributed by atoms with Crippen LogP contribution in [0.2, 0.25) is 0 Å². The lowest BCUT2D eigenvalue weighted by Crippen LogP contribution is -2.49. The molecule has 0 saturated carbocycles. The summed E-state index contributed by atoms with van der Waals surface area (Å²) >= 11 is 0. The Morgan fingerprint density at radius 2 is 1.75 bits per heavy atom. The topological polar surface area (TPSA) is 56.4 Å². The van der Waals surface area contributed by atoms with Gasteiger partial charge in [0.2, 0.25) is 0 Å². The Hall–Kier alpha value is -1.76. The number of hydrogen-bond acceptors (Lipinski definition) is 3. The van der Waals surface area contributed by atoms with Crippen molar-refractivity contribution in [2.75, 3.05) is 37.6 Å². The number of para-hydroxylation sites is 1. The molecule has 110 valence electrons. The van der Waals surface area contributed by atoms with Crippen LogP contribution >= 0.6 is 0 Å². The summed E-state index contributed by atoms with van der Waals surface area (Å²) < 4.78 is 37.0. The molecule has 1 aromatic rings. The number of rotatable bonds is 3. The first-order valence-corrected chi connectivity index (χ1v) is 6.34. The molecule has 4 nitrogen and oxygen atoms in total. The van der Waals surface area contributed by atoms with Crippen molar-refractivity contribution in [3.05, 3.63) is 29.8 Å². The molecule has 0 spiro atoms. The SMILES string of the molecule is N=C(N)c1ccccc1N1CCN(CC(F)(F)F)CC1. The van der Waals surface area contributed by atoms with E-state index in [1.807, 2.05) is 17.0 Å². The van der Waals surface area contributed by atoms with Crippen molar-refractivity contribution >= 4 is 11.5 Å². The quantitative estimate of drug-likeness (QED) is 0.656. The van der Waals surface area contributed by atoms with Gasteiger partial charge < -0.3 is 10.6 Å². The van der Waals surface area contributed by atoms with Gasteiger partial charge in [-0.15, -0.1) is 0 Å². The maximum atomic E-state index is 12.3. The number of amidine groups is 1. The fraction of sp³-hybridized carbons (Fsp3) is 0.462. The maximum Gasteiger partial charge on any atom is 0.401 e. The molecule has 20 heavy (non-hydrogen) atoms. The smallest absolute Gasteiger partial charge is 0.384 e. The minimum atomic E-state index is -4.15. The Bertz CT molecular complexity index is 479. The first-order valence-electron chi connectivity index (χ1n) is 6.34. The monoisotopic (exact) mass is 286 g/mol. The predicted molar refractivity (Wildman–Crippen MR) is 72.2 cm³/mol. The number of anilines is 1. The van der Waals surface area contributed by atoms with Crippen molar-refractivity contribution in [1.82, 2.24) is 4.90 Å². The molecule has 1 fully saturated rings.